The monoisotopic (exact) mass is 588 g/mol. The van der Waals surface area contributed by atoms with E-state index < -0.39 is 6.10 Å². The summed E-state index contributed by atoms with van der Waals surface area (Å²) in [6, 6.07) is 9.19. The molecule has 2 saturated heterocycles. The zero-order valence-electron chi connectivity index (χ0n) is 25.5. The van der Waals surface area contributed by atoms with Crippen LogP contribution in [0.2, 0.25) is 0 Å². The standard InChI is InChI=1S/C18H23NO3.C17H21NO3/c1-19-8-7-18-11-4-5-13(20)17(18)22-16-14(21-2)6-3-10(15(16)18)9-12(11)19;1-18-7-6-17-10-3-5-13(20)16(17)21-15-12(19)4-2-9(14(15)17)8-11(10)18/h3,6,11-13,17,20H,4-5,7-9H2,1-2H3;2,4,10-11,13,16,19-20H,3,5-8H2,1H3/t11?,12?,13-,17-,18-;10?,11?,13-,16-,17-/m00/s1. The number of hydrogen-bond donors (Lipinski definition) is 3. The Hall–Kier alpha value is -2.52. The predicted molar refractivity (Wildman–Crippen MR) is 160 cm³/mol. The van der Waals surface area contributed by atoms with Crippen LogP contribution in [-0.4, -0.2) is 95.9 Å². The van der Waals surface area contributed by atoms with Gasteiger partial charge in [-0.05, 0) is 114 Å². The highest BCUT2D eigenvalue weighted by Crippen LogP contribution is 2.65. The summed E-state index contributed by atoms with van der Waals surface area (Å²) in [6.45, 7) is 2.13. The lowest BCUT2D eigenvalue weighted by Crippen LogP contribution is -2.66. The zero-order valence-corrected chi connectivity index (χ0v) is 25.5. The summed E-state index contributed by atoms with van der Waals surface area (Å²) in [7, 11) is 6.18. The first-order chi connectivity index (χ1) is 20.8. The number of benzene rings is 2. The van der Waals surface area contributed by atoms with Gasteiger partial charge in [0.25, 0.3) is 0 Å². The first-order valence-electron chi connectivity index (χ1n) is 16.4. The van der Waals surface area contributed by atoms with Crippen LogP contribution in [0.5, 0.6) is 23.0 Å². The molecule has 43 heavy (non-hydrogen) atoms. The van der Waals surface area contributed by atoms with E-state index in [0.717, 1.165) is 76.0 Å². The fraction of sp³-hybridized carbons (Fsp3) is 0.657. The highest BCUT2D eigenvalue weighted by Gasteiger charge is 2.66. The second-order valence-electron chi connectivity index (χ2n) is 14.7. The molecular formula is C35H44N2O6. The fourth-order valence-corrected chi connectivity index (χ4v) is 11.6. The van der Waals surface area contributed by atoms with Crippen molar-refractivity contribution in [2.24, 2.45) is 11.8 Å². The molecule has 4 heterocycles. The average molecular weight is 589 g/mol. The van der Waals surface area contributed by atoms with Crippen molar-refractivity contribution in [3.8, 4) is 23.0 Å². The second kappa shape index (κ2) is 9.03. The molecule has 8 heteroatoms. The van der Waals surface area contributed by atoms with Crippen molar-refractivity contribution in [2.75, 3.05) is 34.3 Å². The maximum Gasteiger partial charge on any atom is 0.165 e. The van der Waals surface area contributed by atoms with Gasteiger partial charge in [0.05, 0.1) is 19.3 Å². The fourth-order valence-electron chi connectivity index (χ4n) is 11.6. The quantitative estimate of drug-likeness (QED) is 0.468. The van der Waals surface area contributed by atoms with Gasteiger partial charge in [-0.15, -0.1) is 0 Å². The van der Waals surface area contributed by atoms with Crippen LogP contribution in [0, 0.1) is 11.8 Å². The van der Waals surface area contributed by atoms with E-state index in [1.807, 2.05) is 6.07 Å². The van der Waals surface area contributed by atoms with Gasteiger partial charge in [-0.25, -0.2) is 0 Å². The minimum atomic E-state index is -0.414. The Balaban J connectivity index is 0.000000121. The van der Waals surface area contributed by atoms with Gasteiger partial charge in [0.1, 0.15) is 12.2 Å². The van der Waals surface area contributed by atoms with Crippen LogP contribution in [-0.2, 0) is 23.7 Å². The summed E-state index contributed by atoms with van der Waals surface area (Å²) >= 11 is 0. The van der Waals surface area contributed by atoms with Gasteiger partial charge in [0.15, 0.2) is 23.0 Å². The average Bonchev–Trinajstić information content (AvgIpc) is 3.55. The molecule has 4 aliphatic carbocycles. The van der Waals surface area contributed by atoms with E-state index in [2.05, 4.69) is 36.0 Å². The molecular weight excluding hydrogens is 544 g/mol. The normalized spacial score (nSPS) is 42.5. The number of phenolic OH excluding ortho intramolecular Hbond substituents is 1. The van der Waals surface area contributed by atoms with E-state index >= 15 is 0 Å². The smallest absolute Gasteiger partial charge is 0.165 e. The number of aliphatic hydroxyl groups excluding tert-OH is 2. The Morgan fingerprint density at radius 2 is 1.26 bits per heavy atom. The lowest BCUT2D eigenvalue weighted by molar-refractivity contribution is -0.0993. The van der Waals surface area contributed by atoms with Crippen molar-refractivity contribution in [1.29, 1.82) is 0 Å². The van der Waals surface area contributed by atoms with Gasteiger partial charge in [0, 0.05) is 34.0 Å². The van der Waals surface area contributed by atoms with Gasteiger partial charge in [-0.3, -0.25) is 0 Å². The van der Waals surface area contributed by atoms with E-state index in [9.17, 15) is 15.3 Å². The molecule has 8 nitrogen and oxygen atoms in total. The Kier molecular flexibility index (Phi) is 5.63. The van der Waals surface area contributed by atoms with Gasteiger partial charge in [-0.2, -0.15) is 0 Å². The van der Waals surface area contributed by atoms with Crippen molar-refractivity contribution in [2.45, 2.75) is 98.7 Å². The van der Waals surface area contributed by atoms with Crippen molar-refractivity contribution in [1.82, 2.24) is 9.80 Å². The van der Waals surface area contributed by atoms with E-state index in [0.29, 0.717) is 29.7 Å². The molecule has 8 aliphatic rings. The Morgan fingerprint density at radius 1 is 0.744 bits per heavy atom. The number of aliphatic hydroxyl groups is 2. The number of likely N-dealkylation sites (N-methyl/N-ethyl adjacent to an activating group) is 2. The van der Waals surface area contributed by atoms with E-state index in [-0.39, 0.29) is 34.9 Å². The molecule has 230 valence electrons. The van der Waals surface area contributed by atoms with Crippen molar-refractivity contribution in [3.05, 3.63) is 46.5 Å². The zero-order chi connectivity index (χ0) is 29.4. The van der Waals surface area contributed by atoms with Crippen molar-refractivity contribution >= 4 is 0 Å². The third-order valence-corrected chi connectivity index (χ3v) is 13.3. The number of piperidine rings is 2. The van der Waals surface area contributed by atoms with E-state index in [1.54, 1.807) is 13.2 Å². The predicted octanol–water partition coefficient (Wildman–Crippen LogP) is 3.15. The topological polar surface area (TPSA) is 94.9 Å². The third kappa shape index (κ3) is 3.21. The van der Waals surface area contributed by atoms with E-state index in [4.69, 9.17) is 14.2 Å². The molecule has 4 unspecified atom stereocenters. The molecule has 10 atom stereocenters. The van der Waals surface area contributed by atoms with Gasteiger partial charge in [0.2, 0.25) is 0 Å². The van der Waals surface area contributed by atoms with Gasteiger partial charge >= 0.3 is 0 Å². The number of likely N-dealkylation sites (tertiary alicyclic amines) is 2. The SMILES string of the molecule is CN1CC[C@]23c4c5ccc(O)c4O[C@H]2[C@@H](O)CCC3C1C5.COc1ccc2c3c1O[C@H]1[C@@H](O)CCC4C(C2)N(C)CC[C@@]341. The largest absolute Gasteiger partial charge is 0.504 e. The van der Waals surface area contributed by atoms with Gasteiger partial charge < -0.3 is 39.3 Å². The first kappa shape index (κ1) is 26.8. The maximum absolute atomic E-state index is 10.6. The lowest BCUT2D eigenvalue weighted by Gasteiger charge is -2.58. The molecule has 3 N–H and O–H groups in total. The first-order valence-corrected chi connectivity index (χ1v) is 16.4. The molecule has 2 aromatic rings. The molecule has 0 aromatic heterocycles. The van der Waals surface area contributed by atoms with Crippen LogP contribution < -0.4 is 14.2 Å². The van der Waals surface area contributed by atoms with E-state index in [1.165, 1.54) is 22.3 Å². The molecule has 2 spiro atoms. The number of methoxy groups -OCH3 is 1. The summed E-state index contributed by atoms with van der Waals surface area (Å²) < 4.78 is 18.0. The minimum absolute atomic E-state index is 0.00625. The molecule has 4 fully saturated rings. The molecule has 0 radical (unpaired) electrons. The summed E-state index contributed by atoms with van der Waals surface area (Å²) in [5.74, 6) is 3.78. The van der Waals surface area contributed by atoms with Crippen LogP contribution in [0.3, 0.4) is 0 Å². The Labute approximate surface area is 253 Å². The van der Waals surface area contributed by atoms with Gasteiger partial charge in [-0.1, -0.05) is 12.1 Å². The van der Waals surface area contributed by atoms with Crippen LogP contribution >= 0.6 is 0 Å². The molecule has 4 bridgehead atoms. The Morgan fingerprint density at radius 3 is 1.81 bits per heavy atom. The lowest BCUT2D eigenvalue weighted by atomic mass is 9.51. The number of aromatic hydroxyl groups is 1. The number of phenols is 1. The minimum Gasteiger partial charge on any atom is -0.504 e. The number of hydrogen-bond acceptors (Lipinski definition) is 8. The summed E-state index contributed by atoms with van der Waals surface area (Å²) in [4.78, 5) is 5.01. The van der Waals surface area contributed by atoms with Crippen LogP contribution in [0.1, 0.15) is 60.8 Å². The van der Waals surface area contributed by atoms with Crippen LogP contribution in [0.15, 0.2) is 24.3 Å². The number of nitrogens with zero attached hydrogens (tertiary/aromatic N) is 2. The molecule has 10 rings (SSSR count). The summed E-state index contributed by atoms with van der Waals surface area (Å²) in [6.07, 6.45) is 7.04. The molecule has 2 saturated carbocycles. The Bertz CT molecular complexity index is 1500. The highest BCUT2D eigenvalue weighted by atomic mass is 16.5. The van der Waals surface area contributed by atoms with Crippen LogP contribution in [0.4, 0.5) is 0 Å². The summed E-state index contributed by atoms with van der Waals surface area (Å²) in [5, 5.41) is 31.4. The third-order valence-electron chi connectivity index (χ3n) is 13.3. The number of rotatable bonds is 1. The van der Waals surface area contributed by atoms with Crippen molar-refractivity contribution < 1.29 is 29.5 Å². The van der Waals surface area contributed by atoms with Crippen molar-refractivity contribution in [3.63, 3.8) is 0 Å². The molecule has 0 amide bonds. The second-order valence-corrected chi connectivity index (χ2v) is 14.7. The maximum atomic E-state index is 10.6. The molecule has 4 aliphatic heterocycles. The summed E-state index contributed by atoms with van der Waals surface area (Å²) in [5.41, 5.74) is 5.24. The molecule has 2 aromatic carbocycles. The number of ether oxygens (including phenoxy) is 3. The highest BCUT2D eigenvalue weighted by molar-refractivity contribution is 5.62. The van der Waals surface area contributed by atoms with Crippen LogP contribution in [0.25, 0.3) is 0 Å².